The van der Waals surface area contributed by atoms with Crippen molar-refractivity contribution in [1.29, 1.82) is 0 Å². The lowest BCUT2D eigenvalue weighted by atomic mass is 9.75. The lowest BCUT2D eigenvalue weighted by Gasteiger charge is -2.31. The summed E-state index contributed by atoms with van der Waals surface area (Å²) in [4.78, 5) is 0. The average molecular weight is 155 g/mol. The molecule has 0 bridgehead atoms. The van der Waals surface area contributed by atoms with E-state index in [0.717, 1.165) is 16.9 Å². The van der Waals surface area contributed by atoms with Gasteiger partial charge in [0, 0.05) is 32.6 Å². The summed E-state index contributed by atoms with van der Waals surface area (Å²) in [5.41, 5.74) is 0.829. The summed E-state index contributed by atoms with van der Waals surface area (Å²) < 4.78 is 1.16. The van der Waals surface area contributed by atoms with Gasteiger partial charge in [-0.3, -0.25) is 0 Å². The Morgan fingerprint density at radius 2 is 1.73 bits per heavy atom. The molecule has 0 saturated heterocycles. The lowest BCUT2D eigenvalue weighted by molar-refractivity contribution is -0.547. The first-order valence-electron chi connectivity index (χ1n) is 4.09. The van der Waals surface area contributed by atoms with Gasteiger partial charge in [-0.25, -0.2) is 4.74 Å². The van der Waals surface area contributed by atoms with Crippen LogP contribution in [0, 0.1) is 10.6 Å². The Morgan fingerprint density at radius 1 is 1.27 bits per heavy atom. The van der Waals surface area contributed by atoms with Crippen LogP contribution in [0.15, 0.2) is 0 Å². The fourth-order valence-electron chi connectivity index (χ4n) is 1.68. The molecule has 0 atom stereocenters. The Morgan fingerprint density at radius 3 is 1.82 bits per heavy atom. The SMILES string of the molecule is CC1=[N+]([O-])C(C)(C)C(C)(C)C1. The molecule has 0 amide bonds. The molecule has 0 fully saturated rings. The summed E-state index contributed by atoms with van der Waals surface area (Å²) >= 11 is 0. The lowest BCUT2D eigenvalue weighted by Crippen LogP contribution is -2.41. The van der Waals surface area contributed by atoms with Crippen molar-refractivity contribution in [2.24, 2.45) is 5.41 Å². The zero-order valence-corrected chi connectivity index (χ0v) is 8.06. The Labute approximate surface area is 68.5 Å². The van der Waals surface area contributed by atoms with Crippen molar-refractivity contribution in [1.82, 2.24) is 0 Å². The Kier molecular flexibility index (Phi) is 1.55. The van der Waals surface area contributed by atoms with Gasteiger partial charge in [0.05, 0.1) is 0 Å². The third-order valence-electron chi connectivity index (χ3n) is 3.21. The van der Waals surface area contributed by atoms with E-state index in [4.69, 9.17) is 0 Å². The van der Waals surface area contributed by atoms with E-state index in [0.29, 0.717) is 0 Å². The van der Waals surface area contributed by atoms with E-state index in [2.05, 4.69) is 13.8 Å². The molecule has 0 unspecified atom stereocenters. The minimum Gasteiger partial charge on any atom is -0.623 e. The predicted octanol–water partition coefficient (Wildman–Crippen LogP) is 2.17. The van der Waals surface area contributed by atoms with Gasteiger partial charge in [0.25, 0.3) is 0 Å². The molecular weight excluding hydrogens is 138 g/mol. The molecule has 1 heterocycles. The highest BCUT2D eigenvalue weighted by molar-refractivity contribution is 5.79. The molecule has 1 aliphatic rings. The van der Waals surface area contributed by atoms with Crippen LogP contribution in [0.1, 0.15) is 41.0 Å². The van der Waals surface area contributed by atoms with Crippen LogP contribution in [-0.2, 0) is 0 Å². The smallest absolute Gasteiger partial charge is 0.172 e. The number of hydroxylamine groups is 1. The molecule has 0 aromatic carbocycles. The molecule has 1 rings (SSSR count). The first-order chi connectivity index (χ1) is 4.79. The average Bonchev–Trinajstić information content (AvgIpc) is 1.93. The van der Waals surface area contributed by atoms with Crippen LogP contribution in [-0.4, -0.2) is 16.0 Å². The number of nitrogens with zero attached hydrogens (tertiary/aromatic N) is 1. The maximum absolute atomic E-state index is 11.5. The van der Waals surface area contributed by atoms with E-state index in [9.17, 15) is 5.21 Å². The van der Waals surface area contributed by atoms with Crippen LogP contribution in [0.5, 0.6) is 0 Å². The van der Waals surface area contributed by atoms with Crippen LogP contribution in [0.2, 0.25) is 0 Å². The maximum atomic E-state index is 11.5. The van der Waals surface area contributed by atoms with Gasteiger partial charge in [-0.2, -0.15) is 0 Å². The monoisotopic (exact) mass is 155 g/mol. The van der Waals surface area contributed by atoms with E-state index < -0.39 is 0 Å². The van der Waals surface area contributed by atoms with Gasteiger partial charge in [-0.15, -0.1) is 0 Å². The van der Waals surface area contributed by atoms with E-state index in [1.807, 2.05) is 20.8 Å². The van der Waals surface area contributed by atoms with Crippen molar-refractivity contribution >= 4 is 5.71 Å². The zero-order valence-electron chi connectivity index (χ0n) is 8.06. The molecular formula is C9H17NO. The fraction of sp³-hybridized carbons (Fsp3) is 0.889. The molecule has 0 N–H and O–H groups in total. The summed E-state index contributed by atoms with van der Waals surface area (Å²) in [5.74, 6) is 0. The molecule has 64 valence electrons. The Bertz CT molecular complexity index is 214. The van der Waals surface area contributed by atoms with Gasteiger partial charge in [0.2, 0.25) is 0 Å². The van der Waals surface area contributed by atoms with Crippen LogP contribution < -0.4 is 0 Å². The maximum Gasteiger partial charge on any atom is 0.172 e. The van der Waals surface area contributed by atoms with Crippen LogP contribution in [0.25, 0.3) is 0 Å². The Balaban J connectivity index is 3.08. The van der Waals surface area contributed by atoms with Gasteiger partial charge < -0.3 is 5.21 Å². The van der Waals surface area contributed by atoms with Gasteiger partial charge >= 0.3 is 0 Å². The van der Waals surface area contributed by atoms with E-state index in [1.165, 1.54) is 0 Å². The second-order valence-electron chi connectivity index (χ2n) is 4.65. The van der Waals surface area contributed by atoms with Crippen molar-refractivity contribution in [3.05, 3.63) is 5.21 Å². The first kappa shape index (κ1) is 8.57. The van der Waals surface area contributed by atoms with E-state index in [-0.39, 0.29) is 11.0 Å². The molecule has 0 aliphatic carbocycles. The number of hydrogen-bond acceptors (Lipinski definition) is 1. The minimum absolute atomic E-state index is 0.110. The highest BCUT2D eigenvalue weighted by Crippen LogP contribution is 2.41. The summed E-state index contributed by atoms with van der Waals surface area (Å²) in [6, 6.07) is 0. The van der Waals surface area contributed by atoms with Crippen molar-refractivity contribution in [2.75, 3.05) is 0 Å². The molecule has 0 radical (unpaired) electrons. The number of rotatable bonds is 0. The molecule has 0 saturated carbocycles. The van der Waals surface area contributed by atoms with Crippen molar-refractivity contribution in [2.45, 2.75) is 46.6 Å². The largest absolute Gasteiger partial charge is 0.623 e. The summed E-state index contributed by atoms with van der Waals surface area (Å²) in [7, 11) is 0. The predicted molar refractivity (Wildman–Crippen MR) is 46.8 cm³/mol. The molecule has 2 nitrogen and oxygen atoms in total. The molecule has 0 spiro atoms. The topological polar surface area (TPSA) is 26.1 Å². The summed E-state index contributed by atoms with van der Waals surface area (Å²) in [5, 5.41) is 11.5. The molecule has 2 heteroatoms. The standard InChI is InChI=1S/C9H17NO/c1-7-6-8(2,3)9(4,5)10(7)11/h6H2,1-5H3. The third kappa shape index (κ3) is 0.959. The van der Waals surface area contributed by atoms with Gasteiger partial charge in [-0.1, -0.05) is 13.8 Å². The Hall–Kier alpha value is -0.530. The van der Waals surface area contributed by atoms with Crippen molar-refractivity contribution in [3.8, 4) is 0 Å². The quantitative estimate of drug-likeness (QED) is 0.389. The third-order valence-corrected chi connectivity index (χ3v) is 3.21. The minimum atomic E-state index is -0.239. The molecule has 0 aromatic rings. The fourth-order valence-corrected chi connectivity index (χ4v) is 1.68. The van der Waals surface area contributed by atoms with Gasteiger partial charge in [0.15, 0.2) is 11.3 Å². The van der Waals surface area contributed by atoms with Crippen molar-refractivity contribution < 1.29 is 4.74 Å². The second kappa shape index (κ2) is 1.99. The molecule has 1 aliphatic heterocycles. The molecule has 0 aromatic heterocycles. The van der Waals surface area contributed by atoms with Crippen LogP contribution >= 0.6 is 0 Å². The highest BCUT2D eigenvalue weighted by Gasteiger charge is 2.50. The van der Waals surface area contributed by atoms with Crippen LogP contribution in [0.3, 0.4) is 0 Å². The van der Waals surface area contributed by atoms with Gasteiger partial charge in [-0.05, 0) is 0 Å². The second-order valence-corrected chi connectivity index (χ2v) is 4.65. The van der Waals surface area contributed by atoms with Gasteiger partial charge in [0.1, 0.15) is 0 Å². The normalized spacial score (nSPS) is 27.7. The summed E-state index contributed by atoms with van der Waals surface area (Å²) in [6.45, 7) is 10.2. The molecule has 11 heavy (non-hydrogen) atoms. The van der Waals surface area contributed by atoms with Crippen molar-refractivity contribution in [3.63, 3.8) is 0 Å². The van der Waals surface area contributed by atoms with Crippen LogP contribution in [0.4, 0.5) is 0 Å². The first-order valence-corrected chi connectivity index (χ1v) is 4.09. The number of hydrogen-bond donors (Lipinski definition) is 0. The zero-order chi connectivity index (χ0) is 8.86. The summed E-state index contributed by atoms with van der Waals surface area (Å²) in [6.07, 6.45) is 0.920. The highest BCUT2D eigenvalue weighted by atomic mass is 16.5. The van der Waals surface area contributed by atoms with E-state index in [1.54, 1.807) is 0 Å². The van der Waals surface area contributed by atoms with E-state index >= 15 is 0 Å².